The van der Waals surface area contributed by atoms with E-state index in [0.29, 0.717) is 41.4 Å². The maximum Gasteiger partial charge on any atom is 0.189 e. The number of rotatable bonds is 1. The molecular formula is C19H16O5. The van der Waals surface area contributed by atoms with E-state index < -0.39 is 0 Å². The van der Waals surface area contributed by atoms with Crippen LogP contribution in [0.15, 0.2) is 35.9 Å². The third kappa shape index (κ3) is 2.29. The van der Waals surface area contributed by atoms with Crippen LogP contribution in [0.4, 0.5) is 0 Å². The average molecular weight is 324 g/mol. The Kier molecular flexibility index (Phi) is 3.41. The van der Waals surface area contributed by atoms with E-state index in [4.69, 9.17) is 9.47 Å². The molecule has 4 rings (SSSR count). The molecule has 0 bridgehead atoms. The lowest BCUT2D eigenvalue weighted by atomic mass is 10.1. The molecule has 1 aliphatic carbocycles. The summed E-state index contributed by atoms with van der Waals surface area (Å²) >= 11 is 0. The van der Waals surface area contributed by atoms with Gasteiger partial charge in [-0.1, -0.05) is 12.1 Å². The zero-order valence-corrected chi connectivity index (χ0v) is 12.9. The van der Waals surface area contributed by atoms with E-state index in [1.807, 2.05) is 18.2 Å². The van der Waals surface area contributed by atoms with Gasteiger partial charge in [-0.25, -0.2) is 0 Å². The van der Waals surface area contributed by atoms with Gasteiger partial charge in [-0.2, -0.15) is 0 Å². The Bertz CT molecular complexity index is 866. The van der Waals surface area contributed by atoms with Crippen molar-refractivity contribution in [2.24, 2.45) is 0 Å². The Morgan fingerprint density at radius 2 is 1.88 bits per heavy atom. The van der Waals surface area contributed by atoms with E-state index in [-0.39, 0.29) is 23.7 Å². The Balaban J connectivity index is 1.76. The van der Waals surface area contributed by atoms with E-state index in [1.165, 1.54) is 6.07 Å². The van der Waals surface area contributed by atoms with Crippen LogP contribution < -0.4 is 9.47 Å². The van der Waals surface area contributed by atoms with Crippen molar-refractivity contribution in [3.63, 3.8) is 0 Å². The highest BCUT2D eigenvalue weighted by atomic mass is 16.5. The molecule has 24 heavy (non-hydrogen) atoms. The van der Waals surface area contributed by atoms with Crippen LogP contribution in [0.3, 0.4) is 0 Å². The molecule has 122 valence electrons. The summed E-state index contributed by atoms with van der Waals surface area (Å²) < 4.78 is 11.4. The van der Waals surface area contributed by atoms with Crippen LogP contribution in [0.25, 0.3) is 6.08 Å². The number of aromatic hydroxyl groups is 2. The predicted octanol–water partition coefficient (Wildman–Crippen LogP) is 3.08. The maximum atomic E-state index is 12.6. The first-order valence-corrected chi connectivity index (χ1v) is 7.83. The number of ether oxygens (including phenoxy) is 2. The Morgan fingerprint density at radius 3 is 2.75 bits per heavy atom. The van der Waals surface area contributed by atoms with Crippen LogP contribution in [-0.4, -0.2) is 29.2 Å². The van der Waals surface area contributed by atoms with Gasteiger partial charge >= 0.3 is 0 Å². The van der Waals surface area contributed by atoms with Gasteiger partial charge in [0.15, 0.2) is 28.8 Å². The van der Waals surface area contributed by atoms with Crippen molar-refractivity contribution >= 4 is 11.9 Å². The number of para-hydroxylation sites is 1. The van der Waals surface area contributed by atoms with Gasteiger partial charge in [0.05, 0.1) is 13.2 Å². The summed E-state index contributed by atoms with van der Waals surface area (Å²) in [4.78, 5) is 12.6. The number of carbonyl (C=O) groups excluding carboxylic acids is 1. The fourth-order valence-corrected chi connectivity index (χ4v) is 3.09. The zero-order chi connectivity index (χ0) is 16.7. The van der Waals surface area contributed by atoms with E-state index >= 15 is 0 Å². The summed E-state index contributed by atoms with van der Waals surface area (Å²) in [6, 6.07) is 8.45. The topological polar surface area (TPSA) is 76.0 Å². The summed E-state index contributed by atoms with van der Waals surface area (Å²) in [6.45, 7) is 1.17. The largest absolute Gasteiger partial charge is 0.504 e. The molecule has 1 heterocycles. The van der Waals surface area contributed by atoms with Gasteiger partial charge in [-0.05, 0) is 24.3 Å². The van der Waals surface area contributed by atoms with Crippen molar-refractivity contribution in [1.29, 1.82) is 0 Å². The van der Waals surface area contributed by atoms with Gasteiger partial charge < -0.3 is 19.7 Å². The van der Waals surface area contributed by atoms with E-state index in [9.17, 15) is 15.0 Å². The first-order valence-electron chi connectivity index (χ1n) is 7.83. The Morgan fingerprint density at radius 1 is 1.04 bits per heavy atom. The lowest BCUT2D eigenvalue weighted by Crippen LogP contribution is -1.98. The molecule has 0 spiro atoms. The number of carbonyl (C=O) groups is 1. The van der Waals surface area contributed by atoms with Crippen molar-refractivity contribution in [2.75, 3.05) is 13.2 Å². The highest BCUT2D eigenvalue weighted by Crippen LogP contribution is 2.40. The summed E-state index contributed by atoms with van der Waals surface area (Å²) in [6.07, 6.45) is 2.85. The molecule has 0 fully saturated rings. The maximum absolute atomic E-state index is 12.6. The first kappa shape index (κ1) is 14.6. The molecule has 0 saturated heterocycles. The molecule has 2 N–H and O–H groups in total. The molecule has 5 nitrogen and oxygen atoms in total. The number of phenols is 2. The monoisotopic (exact) mass is 324 g/mol. The van der Waals surface area contributed by atoms with Gasteiger partial charge in [0.1, 0.15) is 0 Å². The van der Waals surface area contributed by atoms with Gasteiger partial charge in [0.25, 0.3) is 0 Å². The van der Waals surface area contributed by atoms with E-state index in [0.717, 1.165) is 12.0 Å². The molecule has 1 aliphatic heterocycles. The Hall–Kier alpha value is -2.95. The molecule has 2 aliphatic rings. The summed E-state index contributed by atoms with van der Waals surface area (Å²) in [7, 11) is 0. The second-order valence-corrected chi connectivity index (χ2v) is 5.86. The molecular weight excluding hydrogens is 308 g/mol. The molecule has 0 radical (unpaired) electrons. The molecule has 0 saturated carbocycles. The van der Waals surface area contributed by atoms with Gasteiger partial charge in [0.2, 0.25) is 0 Å². The number of hydrogen-bond donors (Lipinski definition) is 2. The number of hydrogen-bond acceptors (Lipinski definition) is 5. The van der Waals surface area contributed by atoms with Crippen molar-refractivity contribution < 1.29 is 24.5 Å². The molecule has 5 heteroatoms. The second kappa shape index (κ2) is 5.60. The third-order valence-corrected chi connectivity index (χ3v) is 4.30. The van der Waals surface area contributed by atoms with E-state index in [1.54, 1.807) is 12.1 Å². The highest BCUT2D eigenvalue weighted by molar-refractivity contribution is 6.16. The van der Waals surface area contributed by atoms with Gasteiger partial charge in [0, 0.05) is 35.1 Å². The van der Waals surface area contributed by atoms with Crippen LogP contribution in [0.2, 0.25) is 0 Å². The zero-order valence-electron chi connectivity index (χ0n) is 12.9. The highest BCUT2D eigenvalue weighted by Gasteiger charge is 2.29. The number of allylic oxidation sites excluding steroid dienone is 1. The number of benzene rings is 2. The standard InChI is InChI=1S/C19H16O5/c20-15-6-5-13-14(18(15)22)10-12(17(13)21)9-11-3-1-4-16-19(11)24-8-2-7-23-16/h1,3-6,9,20,22H,2,7-8,10H2/b12-9-. The quantitative estimate of drug-likeness (QED) is 0.623. The molecule has 2 aromatic rings. The lowest BCUT2D eigenvalue weighted by molar-refractivity contribution is 0.104. The van der Waals surface area contributed by atoms with Crippen molar-refractivity contribution in [3.8, 4) is 23.0 Å². The minimum Gasteiger partial charge on any atom is -0.504 e. The molecule has 0 aromatic heterocycles. The predicted molar refractivity (Wildman–Crippen MR) is 87.8 cm³/mol. The van der Waals surface area contributed by atoms with Crippen LogP contribution in [-0.2, 0) is 6.42 Å². The van der Waals surface area contributed by atoms with Crippen molar-refractivity contribution in [2.45, 2.75) is 12.8 Å². The van der Waals surface area contributed by atoms with E-state index in [2.05, 4.69) is 0 Å². The van der Waals surface area contributed by atoms with Crippen LogP contribution >= 0.6 is 0 Å². The molecule has 0 unspecified atom stereocenters. The van der Waals surface area contributed by atoms with Crippen LogP contribution in [0, 0.1) is 0 Å². The normalized spacial score (nSPS) is 17.7. The molecule has 2 aromatic carbocycles. The fourth-order valence-electron chi connectivity index (χ4n) is 3.09. The lowest BCUT2D eigenvalue weighted by Gasteiger charge is -2.10. The van der Waals surface area contributed by atoms with Gasteiger partial charge in [-0.3, -0.25) is 4.79 Å². The number of ketones is 1. The molecule has 0 amide bonds. The number of phenolic OH excluding ortho intramolecular Hbond substituents is 2. The van der Waals surface area contributed by atoms with Crippen LogP contribution in [0.5, 0.6) is 23.0 Å². The summed E-state index contributed by atoms with van der Waals surface area (Å²) in [5.41, 5.74) is 2.21. The third-order valence-electron chi connectivity index (χ3n) is 4.30. The SMILES string of the molecule is O=C1/C(=C\c2cccc3c2OCCCO3)Cc2c1ccc(O)c2O. The summed E-state index contributed by atoms with van der Waals surface area (Å²) in [5.74, 6) is 0.722. The smallest absolute Gasteiger partial charge is 0.189 e. The molecule has 0 atom stereocenters. The average Bonchev–Trinajstić information content (AvgIpc) is 2.76. The fraction of sp³-hybridized carbons (Fsp3) is 0.211. The minimum absolute atomic E-state index is 0.146. The minimum atomic E-state index is -0.226. The van der Waals surface area contributed by atoms with Crippen molar-refractivity contribution in [1.82, 2.24) is 0 Å². The van der Waals surface area contributed by atoms with Crippen molar-refractivity contribution in [3.05, 3.63) is 52.6 Å². The first-order chi connectivity index (χ1) is 11.6. The van der Waals surface area contributed by atoms with Crippen LogP contribution in [0.1, 0.15) is 27.9 Å². The second-order valence-electron chi connectivity index (χ2n) is 5.86. The Labute approximate surface area is 138 Å². The summed E-state index contributed by atoms with van der Waals surface area (Å²) in [5, 5.41) is 19.6. The number of fused-ring (bicyclic) bond motifs is 2. The number of Topliss-reactive ketones (excluding diaryl/α,β-unsaturated/α-hetero) is 1. The van der Waals surface area contributed by atoms with Gasteiger partial charge in [-0.15, -0.1) is 0 Å².